The van der Waals surface area contributed by atoms with E-state index in [-0.39, 0.29) is 6.61 Å². The number of aliphatic hydroxyl groups is 2. The Morgan fingerprint density at radius 3 is 3.13 bits per heavy atom. The van der Waals surface area contributed by atoms with Crippen LogP contribution in [0.2, 0.25) is 0 Å². The van der Waals surface area contributed by atoms with Gasteiger partial charge in [-0.3, -0.25) is 0 Å². The highest BCUT2D eigenvalue weighted by Gasteiger charge is 2.02. The predicted molar refractivity (Wildman–Crippen MR) is 61.2 cm³/mol. The fourth-order valence-corrected chi connectivity index (χ4v) is 1.91. The highest BCUT2D eigenvalue weighted by Crippen LogP contribution is 2.19. The monoisotopic (exact) mass is 224 g/mol. The van der Waals surface area contributed by atoms with E-state index < -0.39 is 6.10 Å². The summed E-state index contributed by atoms with van der Waals surface area (Å²) in [6.45, 7) is 0.109. The Labute approximate surface area is 91.3 Å². The fraction of sp³-hybridized carbons (Fsp3) is 0.300. The number of anilines is 1. The van der Waals surface area contributed by atoms with Gasteiger partial charge in [-0.1, -0.05) is 0 Å². The lowest BCUT2D eigenvalue weighted by atomic mass is 10.2. The number of rotatable bonds is 4. The van der Waals surface area contributed by atoms with E-state index in [4.69, 9.17) is 10.2 Å². The molecule has 0 aliphatic carbocycles. The summed E-state index contributed by atoms with van der Waals surface area (Å²) in [6, 6.07) is 5.84. The van der Waals surface area contributed by atoms with E-state index in [1.807, 2.05) is 23.6 Å². The molecule has 0 spiro atoms. The second-order valence-corrected chi connectivity index (χ2v) is 3.93. The van der Waals surface area contributed by atoms with Crippen LogP contribution in [-0.2, 0) is 0 Å². The Morgan fingerprint density at radius 2 is 2.33 bits per heavy atom. The van der Waals surface area contributed by atoms with Crippen LogP contribution in [0.4, 0.5) is 5.69 Å². The van der Waals surface area contributed by atoms with Gasteiger partial charge in [0.15, 0.2) is 0 Å². The van der Waals surface area contributed by atoms with Gasteiger partial charge >= 0.3 is 0 Å². The molecule has 1 aromatic heterocycles. The van der Waals surface area contributed by atoms with Crippen molar-refractivity contribution in [1.82, 2.24) is 4.37 Å². The first kappa shape index (κ1) is 10.4. The number of nitrogens with zero attached hydrogens (tertiary/aromatic N) is 1. The minimum atomic E-state index is -0.726. The van der Waals surface area contributed by atoms with E-state index in [9.17, 15) is 0 Å². The van der Waals surface area contributed by atoms with Crippen LogP contribution in [0.25, 0.3) is 10.9 Å². The number of hydrogen-bond acceptors (Lipinski definition) is 5. The third-order valence-electron chi connectivity index (χ3n) is 2.11. The normalized spacial score (nSPS) is 12.9. The summed E-state index contributed by atoms with van der Waals surface area (Å²) in [6.07, 6.45) is -0.726. The first-order valence-corrected chi connectivity index (χ1v) is 5.50. The van der Waals surface area contributed by atoms with Crippen LogP contribution in [0.1, 0.15) is 0 Å². The average Bonchev–Trinajstić information content (AvgIpc) is 2.72. The van der Waals surface area contributed by atoms with Crippen LogP contribution in [0.5, 0.6) is 0 Å². The molecule has 0 saturated carbocycles. The summed E-state index contributed by atoms with van der Waals surface area (Å²) < 4.78 is 4.22. The average molecular weight is 224 g/mol. The molecule has 2 aromatic rings. The van der Waals surface area contributed by atoms with Crippen molar-refractivity contribution >= 4 is 28.1 Å². The molecule has 5 heteroatoms. The SMILES string of the molecule is OCC(O)CNc1ccc2csnc2c1. The maximum absolute atomic E-state index is 9.17. The van der Waals surface area contributed by atoms with Crippen molar-refractivity contribution in [1.29, 1.82) is 0 Å². The second kappa shape index (κ2) is 4.57. The Kier molecular flexibility index (Phi) is 3.15. The third-order valence-corrected chi connectivity index (χ3v) is 2.78. The first-order valence-electron chi connectivity index (χ1n) is 4.66. The predicted octanol–water partition coefficient (Wildman–Crippen LogP) is 1.06. The molecule has 80 valence electrons. The van der Waals surface area contributed by atoms with E-state index in [0.29, 0.717) is 6.54 Å². The molecule has 4 nitrogen and oxygen atoms in total. The van der Waals surface area contributed by atoms with Crippen molar-refractivity contribution in [2.45, 2.75) is 6.10 Å². The fourth-order valence-electron chi connectivity index (χ4n) is 1.27. The molecule has 2 rings (SSSR count). The van der Waals surface area contributed by atoms with Crippen molar-refractivity contribution in [3.8, 4) is 0 Å². The molecule has 0 bridgehead atoms. The number of hydrogen-bond donors (Lipinski definition) is 3. The number of benzene rings is 1. The van der Waals surface area contributed by atoms with Crippen LogP contribution in [0, 0.1) is 0 Å². The molecule has 0 aliphatic heterocycles. The minimum Gasteiger partial charge on any atom is -0.394 e. The van der Waals surface area contributed by atoms with Crippen LogP contribution in [0.3, 0.4) is 0 Å². The van der Waals surface area contributed by atoms with Gasteiger partial charge in [0.25, 0.3) is 0 Å². The topological polar surface area (TPSA) is 65.4 Å². The van der Waals surface area contributed by atoms with Crippen molar-refractivity contribution in [2.75, 3.05) is 18.5 Å². The van der Waals surface area contributed by atoms with Crippen molar-refractivity contribution in [2.24, 2.45) is 0 Å². The highest BCUT2D eigenvalue weighted by molar-refractivity contribution is 7.04. The lowest BCUT2D eigenvalue weighted by Crippen LogP contribution is -2.22. The maximum atomic E-state index is 9.17. The summed E-state index contributed by atoms with van der Waals surface area (Å²) >= 11 is 1.42. The second-order valence-electron chi connectivity index (χ2n) is 3.31. The molecule has 0 aliphatic rings. The van der Waals surface area contributed by atoms with E-state index >= 15 is 0 Å². The largest absolute Gasteiger partial charge is 0.394 e. The molecule has 0 amide bonds. The molecule has 0 radical (unpaired) electrons. The van der Waals surface area contributed by atoms with Crippen molar-refractivity contribution in [3.05, 3.63) is 23.6 Å². The Balaban J connectivity index is 2.08. The molecule has 15 heavy (non-hydrogen) atoms. The Bertz CT molecular complexity index is 444. The van der Waals surface area contributed by atoms with Crippen LogP contribution in [-0.4, -0.2) is 33.8 Å². The standard InChI is InChI=1S/C10H12N2O2S/c13-5-9(14)4-11-8-2-1-7-6-15-12-10(7)3-8/h1-3,6,9,11,13-14H,4-5H2. The number of fused-ring (bicyclic) bond motifs is 1. The van der Waals surface area contributed by atoms with Gasteiger partial charge in [-0.05, 0) is 29.7 Å². The van der Waals surface area contributed by atoms with E-state index in [2.05, 4.69) is 9.69 Å². The van der Waals surface area contributed by atoms with Gasteiger partial charge in [0, 0.05) is 23.0 Å². The van der Waals surface area contributed by atoms with E-state index in [1.165, 1.54) is 11.5 Å². The number of nitrogens with one attached hydrogen (secondary N) is 1. The van der Waals surface area contributed by atoms with Gasteiger partial charge in [0.2, 0.25) is 0 Å². The van der Waals surface area contributed by atoms with Gasteiger partial charge in [-0.15, -0.1) is 0 Å². The Morgan fingerprint density at radius 1 is 1.47 bits per heavy atom. The summed E-state index contributed by atoms with van der Waals surface area (Å²) in [7, 11) is 0. The maximum Gasteiger partial charge on any atom is 0.0942 e. The molecule has 1 aromatic carbocycles. The molecule has 0 saturated heterocycles. The van der Waals surface area contributed by atoms with Crippen LogP contribution in [0.15, 0.2) is 23.6 Å². The molecular formula is C10H12N2O2S. The molecular weight excluding hydrogens is 212 g/mol. The number of aliphatic hydroxyl groups excluding tert-OH is 2. The molecule has 1 heterocycles. The quantitative estimate of drug-likeness (QED) is 0.726. The summed E-state index contributed by atoms with van der Waals surface area (Å²) in [5, 5.41) is 24.0. The summed E-state index contributed by atoms with van der Waals surface area (Å²) in [5.74, 6) is 0. The first-order chi connectivity index (χ1) is 7.29. The lowest BCUT2D eigenvalue weighted by Gasteiger charge is -2.09. The molecule has 3 N–H and O–H groups in total. The van der Waals surface area contributed by atoms with Gasteiger partial charge in [-0.2, -0.15) is 4.37 Å². The third kappa shape index (κ3) is 2.44. The summed E-state index contributed by atoms with van der Waals surface area (Å²) in [4.78, 5) is 0. The summed E-state index contributed by atoms with van der Waals surface area (Å²) in [5.41, 5.74) is 1.85. The highest BCUT2D eigenvalue weighted by atomic mass is 32.1. The van der Waals surface area contributed by atoms with Gasteiger partial charge in [0.05, 0.1) is 18.2 Å². The van der Waals surface area contributed by atoms with Crippen molar-refractivity contribution in [3.63, 3.8) is 0 Å². The molecule has 1 atom stereocenters. The van der Waals surface area contributed by atoms with Crippen LogP contribution < -0.4 is 5.32 Å². The van der Waals surface area contributed by atoms with Crippen LogP contribution >= 0.6 is 11.5 Å². The van der Waals surface area contributed by atoms with Gasteiger partial charge < -0.3 is 15.5 Å². The zero-order valence-electron chi connectivity index (χ0n) is 8.05. The van der Waals surface area contributed by atoms with Crippen molar-refractivity contribution < 1.29 is 10.2 Å². The van der Waals surface area contributed by atoms with E-state index in [1.54, 1.807) is 0 Å². The number of aromatic nitrogens is 1. The van der Waals surface area contributed by atoms with Gasteiger partial charge in [0.1, 0.15) is 0 Å². The van der Waals surface area contributed by atoms with Gasteiger partial charge in [-0.25, -0.2) is 0 Å². The zero-order chi connectivity index (χ0) is 10.7. The lowest BCUT2D eigenvalue weighted by molar-refractivity contribution is 0.105. The van der Waals surface area contributed by atoms with E-state index in [0.717, 1.165) is 16.6 Å². The smallest absolute Gasteiger partial charge is 0.0942 e. The Hall–Kier alpha value is -1.17. The molecule has 1 unspecified atom stereocenters. The zero-order valence-corrected chi connectivity index (χ0v) is 8.87. The molecule has 0 fully saturated rings. The minimum absolute atomic E-state index is 0.230.